The first-order chi connectivity index (χ1) is 9.69. The number of fused-ring (bicyclic) bond motifs is 1. The number of carbonyl (C=O) groups excluding carboxylic acids is 1. The van der Waals surface area contributed by atoms with Crippen molar-refractivity contribution in [1.82, 2.24) is 9.97 Å². The van der Waals surface area contributed by atoms with Crippen molar-refractivity contribution in [2.45, 2.75) is 48.0 Å². The summed E-state index contributed by atoms with van der Waals surface area (Å²) in [5.74, 6) is 1.09. The van der Waals surface area contributed by atoms with Gasteiger partial charge in [-0.25, -0.2) is 9.97 Å². The van der Waals surface area contributed by atoms with Gasteiger partial charge in [0.25, 0.3) is 0 Å². The number of aromatic nitrogens is 2. The Morgan fingerprint density at radius 3 is 2.70 bits per heavy atom. The number of hydrogen-bond acceptors (Lipinski definition) is 6. The first kappa shape index (κ1) is 14.2. The zero-order valence-electron chi connectivity index (χ0n) is 11.9. The van der Waals surface area contributed by atoms with Gasteiger partial charge in [0.05, 0.1) is 5.56 Å². The average Bonchev–Trinajstić information content (AvgIpc) is 2.46. The lowest BCUT2D eigenvalue weighted by Crippen LogP contribution is -2.33. The van der Waals surface area contributed by atoms with Gasteiger partial charge in [-0.05, 0) is 25.5 Å². The van der Waals surface area contributed by atoms with Crippen molar-refractivity contribution < 1.29 is 4.79 Å². The average molecular weight is 309 g/mol. The van der Waals surface area contributed by atoms with Crippen LogP contribution in [0, 0.1) is 0 Å². The second-order valence-corrected chi connectivity index (χ2v) is 7.52. The molecule has 108 valence electrons. The lowest BCUT2D eigenvalue weighted by Gasteiger charge is -2.31. The molecule has 0 spiro atoms. The van der Waals surface area contributed by atoms with Crippen LogP contribution in [-0.4, -0.2) is 40.3 Å². The molecule has 0 saturated carbocycles. The molecule has 0 amide bonds. The molecule has 1 aromatic heterocycles. The van der Waals surface area contributed by atoms with Gasteiger partial charge in [0.2, 0.25) is 0 Å². The summed E-state index contributed by atoms with van der Waals surface area (Å²) in [4.78, 5) is 23.9. The van der Waals surface area contributed by atoms with Crippen molar-refractivity contribution in [3.63, 3.8) is 0 Å². The summed E-state index contributed by atoms with van der Waals surface area (Å²) in [5.41, 5.74) is 0.771. The van der Waals surface area contributed by atoms with Crippen LogP contribution in [0.1, 0.15) is 43.0 Å². The molecule has 1 aromatic rings. The van der Waals surface area contributed by atoms with Gasteiger partial charge in [-0.1, -0.05) is 18.7 Å². The number of carbonyl (C=O) groups is 1. The maximum atomic E-state index is 12.4. The summed E-state index contributed by atoms with van der Waals surface area (Å²) < 4.78 is 0. The van der Waals surface area contributed by atoms with Crippen molar-refractivity contribution in [3.8, 4) is 0 Å². The highest BCUT2D eigenvalue weighted by molar-refractivity contribution is 8.00. The largest absolute Gasteiger partial charge is 0.356 e. The number of rotatable bonds is 2. The summed E-state index contributed by atoms with van der Waals surface area (Å²) in [7, 11) is 0. The Morgan fingerprint density at radius 2 is 2.00 bits per heavy atom. The highest BCUT2D eigenvalue weighted by Crippen LogP contribution is 2.39. The Morgan fingerprint density at radius 1 is 1.25 bits per heavy atom. The fourth-order valence-corrected chi connectivity index (χ4v) is 4.26. The van der Waals surface area contributed by atoms with Gasteiger partial charge in [-0.2, -0.15) is 0 Å². The fourth-order valence-electron chi connectivity index (χ4n) is 2.76. The predicted molar refractivity (Wildman–Crippen MR) is 84.1 cm³/mol. The van der Waals surface area contributed by atoms with Crippen molar-refractivity contribution in [2.24, 2.45) is 0 Å². The van der Waals surface area contributed by atoms with E-state index in [1.165, 1.54) is 19.3 Å². The first-order valence-electron chi connectivity index (χ1n) is 7.10. The normalized spacial score (nSPS) is 22.8. The van der Waals surface area contributed by atoms with E-state index in [9.17, 15) is 4.79 Å². The van der Waals surface area contributed by atoms with Crippen LogP contribution in [0.2, 0.25) is 0 Å². The number of nitrogens with zero attached hydrogens (tertiary/aromatic N) is 3. The van der Waals surface area contributed by atoms with Gasteiger partial charge in [0.15, 0.2) is 10.9 Å². The van der Waals surface area contributed by atoms with E-state index in [0.29, 0.717) is 11.7 Å². The van der Waals surface area contributed by atoms with Crippen LogP contribution in [0.15, 0.2) is 10.2 Å². The van der Waals surface area contributed by atoms with E-state index in [1.54, 1.807) is 23.5 Å². The van der Waals surface area contributed by atoms with E-state index in [0.717, 1.165) is 34.7 Å². The maximum Gasteiger partial charge on any atom is 0.190 e. The van der Waals surface area contributed by atoms with Crippen molar-refractivity contribution in [3.05, 3.63) is 5.56 Å². The Hall–Kier alpha value is -0.750. The van der Waals surface area contributed by atoms with Crippen LogP contribution in [0.5, 0.6) is 0 Å². The molecule has 1 atom stereocenters. The molecule has 3 heterocycles. The molecule has 0 bridgehead atoms. The smallest absolute Gasteiger partial charge is 0.190 e. The molecule has 0 aromatic carbocycles. The summed E-state index contributed by atoms with van der Waals surface area (Å²) in [6.45, 7) is 4.10. The maximum absolute atomic E-state index is 12.4. The van der Waals surface area contributed by atoms with Crippen LogP contribution >= 0.6 is 23.5 Å². The molecule has 2 aliphatic rings. The van der Waals surface area contributed by atoms with Crippen LogP contribution in [-0.2, 0) is 0 Å². The van der Waals surface area contributed by atoms with E-state index in [1.807, 2.05) is 6.26 Å². The second-order valence-electron chi connectivity index (χ2n) is 5.32. The summed E-state index contributed by atoms with van der Waals surface area (Å²) in [6.07, 6.45) is 6.23. The van der Waals surface area contributed by atoms with Gasteiger partial charge >= 0.3 is 0 Å². The lowest BCUT2D eigenvalue weighted by atomic mass is 10.1. The van der Waals surface area contributed by atoms with Crippen molar-refractivity contribution in [1.29, 1.82) is 0 Å². The summed E-state index contributed by atoms with van der Waals surface area (Å²) >= 11 is 3.26. The number of ketones is 1. The van der Waals surface area contributed by atoms with Crippen molar-refractivity contribution in [2.75, 3.05) is 24.2 Å². The molecule has 3 rings (SSSR count). The quantitative estimate of drug-likeness (QED) is 0.475. The Kier molecular flexibility index (Phi) is 4.21. The van der Waals surface area contributed by atoms with Crippen molar-refractivity contribution >= 4 is 35.1 Å². The molecule has 1 unspecified atom stereocenters. The molecule has 2 aliphatic heterocycles. The molecular formula is C14H19N3OS2. The number of Topliss-reactive ketones (excluding diaryl/α,β-unsaturated/α-hetero) is 1. The third-order valence-electron chi connectivity index (χ3n) is 3.74. The SMILES string of the molecule is CSc1nc2c(c(N3CCCCC3)n1)C(=O)CC(C)S2. The summed E-state index contributed by atoms with van der Waals surface area (Å²) in [6, 6.07) is 0. The summed E-state index contributed by atoms with van der Waals surface area (Å²) in [5, 5.41) is 1.97. The van der Waals surface area contributed by atoms with Crippen LogP contribution in [0.3, 0.4) is 0 Å². The minimum Gasteiger partial charge on any atom is -0.356 e. The number of anilines is 1. The van der Waals surface area contributed by atoms with E-state index >= 15 is 0 Å². The molecule has 1 fully saturated rings. The molecule has 0 radical (unpaired) electrons. The van der Waals surface area contributed by atoms with Crippen LogP contribution in [0.4, 0.5) is 5.82 Å². The van der Waals surface area contributed by atoms with E-state index in [-0.39, 0.29) is 5.78 Å². The molecule has 0 N–H and O–H groups in total. The predicted octanol–water partition coefficient (Wildman–Crippen LogP) is 3.26. The highest BCUT2D eigenvalue weighted by atomic mass is 32.2. The lowest BCUT2D eigenvalue weighted by molar-refractivity contribution is 0.0977. The fraction of sp³-hybridized carbons (Fsp3) is 0.643. The Bertz CT molecular complexity index is 529. The van der Waals surface area contributed by atoms with E-state index < -0.39 is 0 Å². The minimum atomic E-state index is 0.208. The zero-order valence-corrected chi connectivity index (χ0v) is 13.5. The topological polar surface area (TPSA) is 46.1 Å². The minimum absolute atomic E-state index is 0.208. The van der Waals surface area contributed by atoms with Gasteiger partial charge in [-0.15, -0.1) is 11.8 Å². The standard InChI is InChI=1S/C14H19N3OS2/c1-9-8-10(18)11-12(17-6-4-3-5-7-17)15-14(19-2)16-13(11)20-9/h9H,3-8H2,1-2H3. The third kappa shape index (κ3) is 2.68. The number of thioether (sulfide) groups is 2. The van der Waals surface area contributed by atoms with Crippen LogP contribution < -0.4 is 4.90 Å². The zero-order chi connectivity index (χ0) is 14.1. The Balaban J connectivity index is 2.07. The monoisotopic (exact) mass is 309 g/mol. The molecule has 20 heavy (non-hydrogen) atoms. The first-order valence-corrected chi connectivity index (χ1v) is 9.20. The highest BCUT2D eigenvalue weighted by Gasteiger charge is 2.31. The van der Waals surface area contributed by atoms with E-state index in [2.05, 4.69) is 21.8 Å². The molecule has 6 heteroatoms. The number of piperidine rings is 1. The van der Waals surface area contributed by atoms with Gasteiger partial charge in [-0.3, -0.25) is 4.79 Å². The molecule has 0 aliphatic carbocycles. The third-order valence-corrected chi connectivity index (χ3v) is 5.37. The van der Waals surface area contributed by atoms with Gasteiger partial charge in [0, 0.05) is 24.8 Å². The molecule has 1 saturated heterocycles. The van der Waals surface area contributed by atoms with Gasteiger partial charge < -0.3 is 4.90 Å². The molecular weight excluding hydrogens is 290 g/mol. The Labute approximate surface area is 128 Å². The molecule has 4 nitrogen and oxygen atoms in total. The van der Waals surface area contributed by atoms with E-state index in [4.69, 9.17) is 0 Å². The number of hydrogen-bond donors (Lipinski definition) is 0. The second kappa shape index (κ2) is 5.93. The van der Waals surface area contributed by atoms with Crippen LogP contribution in [0.25, 0.3) is 0 Å². The van der Waals surface area contributed by atoms with Gasteiger partial charge in [0.1, 0.15) is 10.8 Å².